The Kier molecular flexibility index (Phi) is 4.50. The Balaban J connectivity index is 2.48. The van der Waals surface area contributed by atoms with Crippen LogP contribution in [0, 0.1) is 0 Å². The fourth-order valence-corrected chi connectivity index (χ4v) is 1.67. The molecule has 1 heterocycles. The minimum atomic E-state index is -0.984. The molecule has 4 N–H and O–H groups in total. The van der Waals surface area contributed by atoms with Crippen LogP contribution in [0.4, 0.5) is 0 Å². The lowest BCUT2D eigenvalue weighted by atomic mass is 10.0. The number of thiophene rings is 1. The van der Waals surface area contributed by atoms with Crippen molar-refractivity contribution < 1.29 is 15.3 Å². The van der Waals surface area contributed by atoms with Gasteiger partial charge in [-0.3, -0.25) is 0 Å². The number of aliphatic hydroxyl groups is 3. The average Bonchev–Trinajstić information content (AvgIpc) is 2.74. The van der Waals surface area contributed by atoms with Crippen molar-refractivity contribution >= 4 is 11.3 Å². The van der Waals surface area contributed by atoms with E-state index in [0.29, 0.717) is 6.54 Å². The van der Waals surface area contributed by atoms with Crippen LogP contribution in [-0.4, -0.2) is 40.7 Å². The molecular formula is C9H15NO3S. The van der Waals surface area contributed by atoms with Crippen LogP contribution in [0.5, 0.6) is 0 Å². The summed E-state index contributed by atoms with van der Waals surface area (Å²) >= 11 is 1.59. The Bertz CT molecular complexity index is 238. The van der Waals surface area contributed by atoms with Crippen molar-refractivity contribution in [3.63, 3.8) is 0 Å². The van der Waals surface area contributed by atoms with E-state index in [9.17, 15) is 0 Å². The van der Waals surface area contributed by atoms with E-state index in [2.05, 4.69) is 5.32 Å². The Hall–Kier alpha value is -0.460. The molecule has 1 rings (SSSR count). The molecule has 0 aromatic carbocycles. The lowest BCUT2D eigenvalue weighted by molar-refractivity contribution is 0.0414. The second-order valence-corrected chi connectivity index (χ2v) is 4.02. The molecule has 0 unspecified atom stereocenters. The molecule has 14 heavy (non-hydrogen) atoms. The topological polar surface area (TPSA) is 72.7 Å². The summed E-state index contributed by atoms with van der Waals surface area (Å²) in [4.78, 5) is 0. The van der Waals surface area contributed by atoms with Gasteiger partial charge >= 0.3 is 0 Å². The number of hydrogen-bond acceptors (Lipinski definition) is 5. The summed E-state index contributed by atoms with van der Waals surface area (Å²) in [5.41, 5.74) is 0.0943. The molecule has 0 aliphatic carbocycles. The van der Waals surface area contributed by atoms with Crippen molar-refractivity contribution in [1.82, 2.24) is 5.32 Å². The van der Waals surface area contributed by atoms with E-state index in [1.54, 1.807) is 11.3 Å². The molecular weight excluding hydrogens is 202 g/mol. The van der Waals surface area contributed by atoms with Gasteiger partial charge in [0.2, 0.25) is 0 Å². The average molecular weight is 217 g/mol. The van der Waals surface area contributed by atoms with Crippen LogP contribution in [0.3, 0.4) is 0 Å². The predicted octanol–water partition coefficient (Wildman–Crippen LogP) is -0.447. The molecule has 0 aliphatic rings. The maximum atomic E-state index is 9.03. The van der Waals surface area contributed by atoms with Crippen LogP contribution < -0.4 is 5.32 Å². The number of aliphatic hydroxyl groups excluding tert-OH is 3. The zero-order chi connectivity index (χ0) is 10.4. The monoisotopic (exact) mass is 217 g/mol. The highest BCUT2D eigenvalue weighted by molar-refractivity contribution is 7.07. The van der Waals surface area contributed by atoms with Gasteiger partial charge in [0.1, 0.15) is 0 Å². The van der Waals surface area contributed by atoms with Crippen molar-refractivity contribution in [1.29, 1.82) is 0 Å². The van der Waals surface area contributed by atoms with E-state index in [4.69, 9.17) is 15.3 Å². The fourth-order valence-electron chi connectivity index (χ4n) is 1.00. The highest BCUT2D eigenvalue weighted by Crippen LogP contribution is 2.08. The molecule has 0 saturated heterocycles. The van der Waals surface area contributed by atoms with Crippen LogP contribution in [-0.2, 0) is 6.54 Å². The lowest BCUT2D eigenvalue weighted by Crippen LogP contribution is -2.54. The molecule has 0 saturated carbocycles. The summed E-state index contributed by atoms with van der Waals surface area (Å²) in [7, 11) is 0. The van der Waals surface area contributed by atoms with Crippen molar-refractivity contribution in [2.75, 3.05) is 19.8 Å². The Morgan fingerprint density at radius 1 is 1.21 bits per heavy atom. The fraction of sp³-hybridized carbons (Fsp3) is 0.556. The van der Waals surface area contributed by atoms with Crippen LogP contribution >= 0.6 is 11.3 Å². The molecule has 0 amide bonds. The minimum Gasteiger partial charge on any atom is -0.394 e. The van der Waals surface area contributed by atoms with Gasteiger partial charge in [0.05, 0.1) is 25.4 Å². The quantitative estimate of drug-likeness (QED) is 0.521. The van der Waals surface area contributed by atoms with Gasteiger partial charge in [-0.1, -0.05) is 0 Å². The Morgan fingerprint density at radius 3 is 2.29 bits per heavy atom. The lowest BCUT2D eigenvalue weighted by Gasteiger charge is -2.28. The van der Waals surface area contributed by atoms with E-state index in [1.165, 1.54) is 0 Å². The van der Waals surface area contributed by atoms with Crippen molar-refractivity contribution in [2.24, 2.45) is 0 Å². The summed E-state index contributed by atoms with van der Waals surface area (Å²) < 4.78 is 0. The molecule has 0 radical (unpaired) electrons. The normalized spacial score (nSPS) is 11.9. The molecule has 0 atom stereocenters. The van der Waals surface area contributed by atoms with Gasteiger partial charge in [0.15, 0.2) is 0 Å². The molecule has 0 fully saturated rings. The van der Waals surface area contributed by atoms with Crippen LogP contribution in [0.2, 0.25) is 0 Å². The van der Waals surface area contributed by atoms with E-state index in [0.717, 1.165) is 5.56 Å². The summed E-state index contributed by atoms with van der Waals surface area (Å²) in [6.45, 7) is -0.330. The molecule has 80 valence electrons. The highest BCUT2D eigenvalue weighted by atomic mass is 32.1. The van der Waals surface area contributed by atoms with Crippen LogP contribution in [0.1, 0.15) is 5.56 Å². The third-order valence-corrected chi connectivity index (χ3v) is 2.89. The van der Waals surface area contributed by atoms with E-state index >= 15 is 0 Å². The predicted molar refractivity (Wildman–Crippen MR) is 55.1 cm³/mol. The molecule has 0 spiro atoms. The summed E-state index contributed by atoms with van der Waals surface area (Å²) in [5.74, 6) is 0. The summed E-state index contributed by atoms with van der Waals surface area (Å²) in [6, 6.07) is 1.95. The smallest absolute Gasteiger partial charge is 0.0884 e. The standard InChI is InChI=1S/C9H15NO3S/c11-5-9(6-12,7-13)10-3-8-1-2-14-4-8/h1-2,4,10-13H,3,5-7H2. The summed E-state index contributed by atoms with van der Waals surface area (Å²) in [5, 5.41) is 33.9. The third-order valence-electron chi connectivity index (χ3n) is 2.16. The Labute approximate surface area is 86.8 Å². The third kappa shape index (κ3) is 2.76. The second kappa shape index (κ2) is 5.43. The first kappa shape index (κ1) is 11.6. The Morgan fingerprint density at radius 2 is 1.86 bits per heavy atom. The highest BCUT2D eigenvalue weighted by Gasteiger charge is 2.26. The van der Waals surface area contributed by atoms with Crippen molar-refractivity contribution in [2.45, 2.75) is 12.1 Å². The molecule has 0 aliphatic heterocycles. The van der Waals surface area contributed by atoms with E-state index < -0.39 is 5.54 Å². The maximum absolute atomic E-state index is 9.03. The van der Waals surface area contributed by atoms with Crippen LogP contribution in [0.25, 0.3) is 0 Å². The molecule has 4 nitrogen and oxygen atoms in total. The number of nitrogens with one attached hydrogen (secondary N) is 1. The minimum absolute atomic E-state index is 0.288. The zero-order valence-electron chi connectivity index (χ0n) is 7.81. The van der Waals surface area contributed by atoms with Gasteiger partial charge in [-0.15, -0.1) is 0 Å². The first-order valence-electron chi connectivity index (χ1n) is 4.35. The van der Waals surface area contributed by atoms with Gasteiger partial charge < -0.3 is 20.6 Å². The van der Waals surface area contributed by atoms with Gasteiger partial charge in [0, 0.05) is 6.54 Å². The van der Waals surface area contributed by atoms with Gasteiger partial charge in [-0.05, 0) is 22.4 Å². The SMILES string of the molecule is OCC(CO)(CO)NCc1ccsc1. The van der Waals surface area contributed by atoms with Gasteiger partial charge in [0.25, 0.3) is 0 Å². The number of rotatable bonds is 6. The maximum Gasteiger partial charge on any atom is 0.0884 e. The van der Waals surface area contributed by atoms with Gasteiger partial charge in [-0.2, -0.15) is 11.3 Å². The van der Waals surface area contributed by atoms with E-state index in [-0.39, 0.29) is 19.8 Å². The van der Waals surface area contributed by atoms with Gasteiger partial charge in [-0.25, -0.2) is 0 Å². The number of hydrogen-bond donors (Lipinski definition) is 4. The first-order chi connectivity index (χ1) is 6.76. The van der Waals surface area contributed by atoms with Crippen LogP contribution in [0.15, 0.2) is 16.8 Å². The summed E-state index contributed by atoms with van der Waals surface area (Å²) in [6.07, 6.45) is 0. The molecule has 1 aromatic rings. The molecule has 0 bridgehead atoms. The molecule has 5 heteroatoms. The van der Waals surface area contributed by atoms with Crippen molar-refractivity contribution in [3.05, 3.63) is 22.4 Å². The largest absolute Gasteiger partial charge is 0.394 e. The second-order valence-electron chi connectivity index (χ2n) is 3.24. The molecule has 1 aromatic heterocycles. The first-order valence-corrected chi connectivity index (χ1v) is 5.29. The van der Waals surface area contributed by atoms with E-state index in [1.807, 2.05) is 16.8 Å². The zero-order valence-corrected chi connectivity index (χ0v) is 8.63. The van der Waals surface area contributed by atoms with Crippen molar-refractivity contribution in [3.8, 4) is 0 Å².